The van der Waals surface area contributed by atoms with Gasteiger partial charge in [-0.05, 0) is 51.0 Å². The Bertz CT molecular complexity index is 480. The number of rotatable bonds is 7. The molecule has 1 rings (SSSR count). The summed E-state index contributed by atoms with van der Waals surface area (Å²) in [5, 5.41) is 0. The molecule has 112 valence electrons. The van der Waals surface area contributed by atoms with Crippen LogP contribution in [0.3, 0.4) is 0 Å². The first kappa shape index (κ1) is 17.1. The van der Waals surface area contributed by atoms with Crippen molar-refractivity contribution in [2.24, 2.45) is 0 Å². The molecule has 0 saturated heterocycles. The van der Waals surface area contributed by atoms with Crippen molar-refractivity contribution in [2.75, 3.05) is 6.16 Å². The van der Waals surface area contributed by atoms with Crippen molar-refractivity contribution in [1.82, 2.24) is 0 Å². The minimum Gasteiger partial charge on any atom is -0.306 e. The Hall–Kier alpha value is -0.960. The van der Waals surface area contributed by atoms with Crippen LogP contribution in [0.2, 0.25) is 0 Å². The molecule has 1 aromatic carbocycles. The van der Waals surface area contributed by atoms with Crippen LogP contribution < -0.4 is 0 Å². The van der Waals surface area contributed by atoms with E-state index in [1.165, 1.54) is 12.1 Å². The van der Waals surface area contributed by atoms with E-state index in [2.05, 4.69) is 6.58 Å². The zero-order valence-electron chi connectivity index (χ0n) is 12.4. The van der Waals surface area contributed by atoms with E-state index in [0.29, 0.717) is 5.57 Å². The molecule has 0 N–H and O–H groups in total. The number of halogens is 1. The summed E-state index contributed by atoms with van der Waals surface area (Å²) >= 11 is 0. The van der Waals surface area contributed by atoms with E-state index in [1.54, 1.807) is 39.8 Å². The second-order valence-corrected chi connectivity index (χ2v) is 7.15. The lowest BCUT2D eigenvalue weighted by atomic mass is 10.1. The van der Waals surface area contributed by atoms with Crippen LogP contribution in [0.4, 0.5) is 4.39 Å². The topological polar surface area (TPSA) is 35.5 Å². The largest absolute Gasteiger partial charge is 0.335 e. The van der Waals surface area contributed by atoms with Crippen molar-refractivity contribution in [3.8, 4) is 0 Å². The van der Waals surface area contributed by atoms with Crippen molar-refractivity contribution >= 4 is 13.2 Å². The molecule has 0 aliphatic heterocycles. The summed E-state index contributed by atoms with van der Waals surface area (Å²) in [6.07, 6.45) is -0.323. The lowest BCUT2D eigenvalue weighted by Crippen LogP contribution is -2.10. The van der Waals surface area contributed by atoms with Gasteiger partial charge in [0.1, 0.15) is 5.82 Å². The quantitative estimate of drug-likeness (QED) is 0.673. The molecule has 0 heterocycles. The maximum Gasteiger partial charge on any atom is 0.335 e. The fraction of sp³-hybridized carbons (Fsp3) is 0.467. The van der Waals surface area contributed by atoms with E-state index in [1.807, 2.05) is 0 Å². The van der Waals surface area contributed by atoms with Crippen molar-refractivity contribution in [1.29, 1.82) is 0 Å². The van der Waals surface area contributed by atoms with E-state index in [0.717, 1.165) is 5.56 Å². The third-order valence-corrected chi connectivity index (χ3v) is 4.63. The molecule has 0 saturated carbocycles. The van der Waals surface area contributed by atoms with E-state index in [-0.39, 0.29) is 24.2 Å². The summed E-state index contributed by atoms with van der Waals surface area (Å²) in [5.41, 5.74) is 1.33. The standard InChI is InChI=1S/C15H22FO3P/c1-11(2)18-20(17,19-12(3)4)10-13(5)14-6-8-15(16)9-7-14/h6-9,11-12H,5,10H2,1-4H3. The van der Waals surface area contributed by atoms with E-state index in [4.69, 9.17) is 9.05 Å². The molecule has 0 amide bonds. The molecule has 3 nitrogen and oxygen atoms in total. The summed E-state index contributed by atoms with van der Waals surface area (Å²) < 4.78 is 36.5. The Kier molecular flexibility index (Phi) is 6.12. The molecule has 0 fully saturated rings. The Morgan fingerprint density at radius 1 is 1.15 bits per heavy atom. The van der Waals surface area contributed by atoms with Gasteiger partial charge in [-0.15, -0.1) is 0 Å². The van der Waals surface area contributed by atoms with Gasteiger partial charge < -0.3 is 9.05 Å². The molecular weight excluding hydrogens is 278 g/mol. The van der Waals surface area contributed by atoms with Crippen molar-refractivity contribution in [3.05, 3.63) is 42.2 Å². The minimum absolute atomic E-state index is 0.0923. The van der Waals surface area contributed by atoms with Crippen LogP contribution in [0.15, 0.2) is 30.8 Å². The number of benzene rings is 1. The SMILES string of the molecule is C=C(CP(=O)(OC(C)C)OC(C)C)c1ccc(F)cc1. The fourth-order valence-corrected chi connectivity index (χ4v) is 3.89. The highest BCUT2D eigenvalue weighted by Crippen LogP contribution is 2.52. The predicted octanol–water partition coefficient (Wildman–Crippen LogP) is 4.88. The van der Waals surface area contributed by atoms with E-state index < -0.39 is 7.60 Å². The molecule has 5 heteroatoms. The van der Waals surface area contributed by atoms with E-state index in [9.17, 15) is 8.96 Å². The maximum absolute atomic E-state index is 12.9. The lowest BCUT2D eigenvalue weighted by Gasteiger charge is -2.23. The number of hydrogen-bond acceptors (Lipinski definition) is 3. The summed E-state index contributed by atoms with van der Waals surface area (Å²) in [5.74, 6) is -0.318. The fourth-order valence-electron chi connectivity index (χ4n) is 1.75. The van der Waals surface area contributed by atoms with Crippen molar-refractivity contribution < 1.29 is 18.0 Å². The van der Waals surface area contributed by atoms with Gasteiger partial charge in [0, 0.05) is 0 Å². The van der Waals surface area contributed by atoms with Crippen LogP contribution in [-0.2, 0) is 13.6 Å². The molecule has 0 aliphatic rings. The Morgan fingerprint density at radius 3 is 2.00 bits per heavy atom. The molecule has 0 unspecified atom stereocenters. The normalized spacial score (nSPS) is 12.2. The van der Waals surface area contributed by atoms with Gasteiger partial charge in [-0.3, -0.25) is 4.57 Å². The molecule has 0 radical (unpaired) electrons. The molecule has 0 atom stereocenters. The van der Waals surface area contributed by atoms with Crippen molar-refractivity contribution in [2.45, 2.75) is 39.9 Å². The first-order valence-electron chi connectivity index (χ1n) is 6.61. The van der Waals surface area contributed by atoms with Gasteiger partial charge >= 0.3 is 7.60 Å². The number of hydrogen-bond donors (Lipinski definition) is 0. The zero-order valence-corrected chi connectivity index (χ0v) is 13.3. The third-order valence-electron chi connectivity index (χ3n) is 2.38. The highest BCUT2D eigenvalue weighted by atomic mass is 31.2. The second-order valence-electron chi connectivity index (χ2n) is 5.19. The maximum atomic E-state index is 12.9. The van der Waals surface area contributed by atoms with E-state index >= 15 is 0 Å². The third kappa shape index (κ3) is 5.58. The summed E-state index contributed by atoms with van der Waals surface area (Å²) in [6, 6.07) is 5.90. The monoisotopic (exact) mass is 300 g/mol. The summed E-state index contributed by atoms with van der Waals surface area (Å²) in [4.78, 5) is 0. The van der Waals surface area contributed by atoms with Gasteiger partial charge in [-0.2, -0.15) is 0 Å². The van der Waals surface area contributed by atoms with Gasteiger partial charge in [0.05, 0.1) is 18.4 Å². The first-order valence-corrected chi connectivity index (χ1v) is 8.34. The van der Waals surface area contributed by atoms with Gasteiger partial charge in [0.2, 0.25) is 0 Å². The summed E-state index contributed by atoms with van der Waals surface area (Å²) in [6.45, 7) is 11.1. The van der Waals surface area contributed by atoms with Crippen molar-refractivity contribution in [3.63, 3.8) is 0 Å². The summed E-state index contributed by atoms with van der Waals surface area (Å²) in [7, 11) is -3.26. The molecule has 0 aliphatic carbocycles. The van der Waals surface area contributed by atoms with Crippen LogP contribution in [0.1, 0.15) is 33.3 Å². The predicted molar refractivity (Wildman–Crippen MR) is 80.3 cm³/mol. The van der Waals surface area contributed by atoms with Gasteiger partial charge in [-0.25, -0.2) is 4.39 Å². The Labute approximate surface area is 120 Å². The van der Waals surface area contributed by atoms with Crippen LogP contribution >= 0.6 is 7.60 Å². The average Bonchev–Trinajstić information content (AvgIpc) is 2.26. The highest BCUT2D eigenvalue weighted by Gasteiger charge is 2.28. The first-order chi connectivity index (χ1) is 9.22. The highest BCUT2D eigenvalue weighted by molar-refractivity contribution is 7.54. The van der Waals surface area contributed by atoms with Crippen LogP contribution in [0.5, 0.6) is 0 Å². The lowest BCUT2D eigenvalue weighted by molar-refractivity contribution is 0.144. The van der Waals surface area contributed by atoms with Crippen LogP contribution in [0.25, 0.3) is 5.57 Å². The average molecular weight is 300 g/mol. The zero-order chi connectivity index (χ0) is 15.3. The molecule has 0 bridgehead atoms. The molecule has 0 spiro atoms. The van der Waals surface area contributed by atoms with Gasteiger partial charge in [0.15, 0.2) is 0 Å². The molecule has 20 heavy (non-hydrogen) atoms. The van der Waals surface area contributed by atoms with Gasteiger partial charge in [0.25, 0.3) is 0 Å². The molecule has 1 aromatic rings. The van der Waals surface area contributed by atoms with Crippen LogP contribution in [-0.4, -0.2) is 18.4 Å². The molecular formula is C15H22FO3P. The van der Waals surface area contributed by atoms with Gasteiger partial charge in [-0.1, -0.05) is 18.7 Å². The minimum atomic E-state index is -3.26. The van der Waals surface area contributed by atoms with Crippen LogP contribution in [0, 0.1) is 5.82 Å². The molecule has 0 aromatic heterocycles. The Morgan fingerprint density at radius 2 is 1.60 bits per heavy atom. The smallest absolute Gasteiger partial charge is 0.306 e. The number of allylic oxidation sites excluding steroid dienone is 1. The second kappa shape index (κ2) is 7.16. The Balaban J connectivity index is 2.86.